The zero-order valence-corrected chi connectivity index (χ0v) is 11.4. The summed E-state index contributed by atoms with van der Waals surface area (Å²) in [5.41, 5.74) is -4.32. The van der Waals surface area contributed by atoms with Gasteiger partial charge in [0.2, 0.25) is 0 Å². The lowest BCUT2D eigenvalue weighted by atomic mass is 10.3. The maximum atomic E-state index is 11.9. The number of carbonyl (C=O) groups excluding carboxylic acids is 1. The molecule has 0 aromatic carbocycles. The number of amides is 1. The minimum absolute atomic E-state index is 0.0227. The van der Waals surface area contributed by atoms with Crippen LogP contribution in [0.2, 0.25) is 5.02 Å². The molecule has 1 aromatic heterocycles. The fraction of sp³-hybridized carbons (Fsp3) is 0.400. The maximum Gasteiger partial charge on any atom is 0.441 e. The Labute approximate surface area is 117 Å². The van der Waals surface area contributed by atoms with Crippen molar-refractivity contribution in [3.05, 3.63) is 22.8 Å². The van der Waals surface area contributed by atoms with Crippen molar-refractivity contribution in [1.29, 1.82) is 0 Å². The average molecular weight is 314 g/mol. The van der Waals surface area contributed by atoms with Gasteiger partial charge < -0.3 is 10.6 Å². The van der Waals surface area contributed by atoms with Crippen molar-refractivity contribution in [1.82, 2.24) is 10.3 Å². The Morgan fingerprint density at radius 2 is 2.16 bits per heavy atom. The normalized spacial score (nSPS) is 11.2. The van der Waals surface area contributed by atoms with E-state index in [1.165, 1.54) is 6.07 Å². The molecule has 0 spiro atoms. The monoisotopic (exact) mass is 313 g/mol. The molecule has 4 nitrogen and oxygen atoms in total. The zero-order chi connectivity index (χ0) is 14.5. The molecule has 0 fully saturated rings. The van der Waals surface area contributed by atoms with E-state index < -0.39 is 11.4 Å². The van der Waals surface area contributed by atoms with Crippen LogP contribution in [0.1, 0.15) is 10.5 Å². The topological polar surface area (TPSA) is 54.0 Å². The van der Waals surface area contributed by atoms with Crippen molar-refractivity contribution in [2.24, 2.45) is 0 Å². The highest BCUT2D eigenvalue weighted by Gasteiger charge is 2.27. The number of nitrogens with one attached hydrogen (secondary N) is 2. The number of aromatic nitrogens is 1. The van der Waals surface area contributed by atoms with Gasteiger partial charge in [-0.3, -0.25) is 4.79 Å². The van der Waals surface area contributed by atoms with Gasteiger partial charge >= 0.3 is 5.51 Å². The lowest BCUT2D eigenvalue weighted by Gasteiger charge is -2.08. The van der Waals surface area contributed by atoms with Gasteiger partial charge in [0, 0.05) is 19.3 Å². The van der Waals surface area contributed by atoms with Gasteiger partial charge in [0.25, 0.3) is 5.91 Å². The third-order valence-corrected chi connectivity index (χ3v) is 3.01. The highest BCUT2D eigenvalue weighted by Crippen LogP contribution is 2.29. The second-order valence-corrected chi connectivity index (χ2v) is 4.89. The first kappa shape index (κ1) is 15.9. The molecule has 0 saturated heterocycles. The summed E-state index contributed by atoms with van der Waals surface area (Å²) in [5, 5.41) is 5.20. The largest absolute Gasteiger partial charge is 0.441 e. The Hall–Kier alpha value is -1.15. The van der Waals surface area contributed by atoms with E-state index in [1.807, 2.05) is 0 Å². The third kappa shape index (κ3) is 5.56. The van der Waals surface area contributed by atoms with Crippen molar-refractivity contribution in [3.63, 3.8) is 0 Å². The van der Waals surface area contributed by atoms with Crippen LogP contribution in [-0.2, 0) is 0 Å². The summed E-state index contributed by atoms with van der Waals surface area (Å²) in [5.74, 6) is -0.428. The summed E-state index contributed by atoms with van der Waals surface area (Å²) in [4.78, 5) is 15.6. The number of thioether (sulfide) groups is 1. The highest BCUT2D eigenvalue weighted by atomic mass is 35.5. The summed E-state index contributed by atoms with van der Waals surface area (Å²) < 4.78 is 35.6. The quantitative estimate of drug-likeness (QED) is 0.821. The van der Waals surface area contributed by atoms with Crippen LogP contribution < -0.4 is 10.6 Å². The van der Waals surface area contributed by atoms with Crippen LogP contribution in [-0.4, -0.2) is 35.7 Å². The Morgan fingerprint density at radius 1 is 1.47 bits per heavy atom. The first-order valence-electron chi connectivity index (χ1n) is 5.16. The van der Waals surface area contributed by atoms with Crippen molar-refractivity contribution in [3.8, 4) is 0 Å². The molecule has 0 atom stereocenters. The summed E-state index contributed by atoms with van der Waals surface area (Å²) >= 11 is 5.60. The molecule has 0 unspecified atom stereocenters. The van der Waals surface area contributed by atoms with Crippen LogP contribution in [0.3, 0.4) is 0 Å². The second-order valence-electron chi connectivity index (χ2n) is 3.33. The summed E-state index contributed by atoms with van der Waals surface area (Å²) in [6.07, 6.45) is 0. The molecule has 1 rings (SSSR count). The molecule has 9 heteroatoms. The van der Waals surface area contributed by atoms with Gasteiger partial charge in [-0.2, -0.15) is 13.2 Å². The number of pyridine rings is 1. The molecular weight excluding hydrogens is 303 g/mol. The molecule has 0 aliphatic carbocycles. The molecule has 0 aliphatic rings. The van der Waals surface area contributed by atoms with E-state index in [1.54, 1.807) is 13.1 Å². The highest BCUT2D eigenvalue weighted by molar-refractivity contribution is 8.00. The molecule has 1 heterocycles. The van der Waals surface area contributed by atoms with E-state index in [0.29, 0.717) is 5.82 Å². The molecule has 0 aliphatic heterocycles. The number of rotatable bonds is 5. The first-order chi connectivity index (χ1) is 8.83. The SMILES string of the molecule is CNc1ccc(Cl)c(C(=O)NCCSC(F)(F)F)n1. The predicted molar refractivity (Wildman–Crippen MR) is 69.6 cm³/mol. The number of hydrogen-bond acceptors (Lipinski definition) is 4. The molecule has 0 radical (unpaired) electrons. The van der Waals surface area contributed by atoms with Gasteiger partial charge in [-0.15, -0.1) is 0 Å². The Balaban J connectivity index is 2.54. The lowest BCUT2D eigenvalue weighted by Crippen LogP contribution is -2.27. The van der Waals surface area contributed by atoms with E-state index in [0.717, 1.165) is 0 Å². The Kier molecular flexibility index (Phi) is 5.74. The molecule has 0 saturated carbocycles. The number of halogens is 4. The molecule has 0 bridgehead atoms. The van der Waals surface area contributed by atoms with Gasteiger partial charge in [0.15, 0.2) is 0 Å². The minimum atomic E-state index is -4.30. The van der Waals surface area contributed by atoms with E-state index in [4.69, 9.17) is 11.6 Å². The van der Waals surface area contributed by atoms with Crippen LogP contribution >= 0.6 is 23.4 Å². The van der Waals surface area contributed by atoms with Crippen LogP contribution in [0.5, 0.6) is 0 Å². The minimum Gasteiger partial charge on any atom is -0.373 e. The van der Waals surface area contributed by atoms with Crippen molar-refractivity contribution >= 4 is 35.1 Å². The van der Waals surface area contributed by atoms with Gasteiger partial charge in [-0.1, -0.05) is 11.6 Å². The van der Waals surface area contributed by atoms with Crippen LogP contribution in [0.4, 0.5) is 19.0 Å². The van der Waals surface area contributed by atoms with E-state index in [2.05, 4.69) is 15.6 Å². The van der Waals surface area contributed by atoms with Crippen molar-refractivity contribution in [2.75, 3.05) is 24.7 Å². The molecule has 1 amide bonds. The molecule has 1 aromatic rings. The lowest BCUT2D eigenvalue weighted by molar-refractivity contribution is -0.0327. The number of alkyl halides is 3. The molecular formula is C10H11ClF3N3OS. The van der Waals surface area contributed by atoms with Crippen LogP contribution in [0, 0.1) is 0 Å². The van der Waals surface area contributed by atoms with Crippen molar-refractivity contribution < 1.29 is 18.0 Å². The fourth-order valence-electron chi connectivity index (χ4n) is 1.16. The number of hydrogen-bond donors (Lipinski definition) is 2. The fourth-order valence-corrected chi connectivity index (χ4v) is 1.78. The van der Waals surface area contributed by atoms with Gasteiger partial charge in [-0.25, -0.2) is 4.98 Å². The van der Waals surface area contributed by atoms with Crippen LogP contribution in [0.15, 0.2) is 12.1 Å². The second kappa shape index (κ2) is 6.85. The maximum absolute atomic E-state index is 11.9. The molecule has 106 valence electrons. The molecule has 19 heavy (non-hydrogen) atoms. The average Bonchev–Trinajstić information content (AvgIpc) is 2.34. The summed E-state index contributed by atoms with van der Waals surface area (Å²) in [6.45, 7) is -0.120. The van der Waals surface area contributed by atoms with Crippen molar-refractivity contribution in [2.45, 2.75) is 5.51 Å². The summed E-state index contributed by atoms with van der Waals surface area (Å²) in [7, 11) is 1.62. The van der Waals surface area contributed by atoms with E-state index in [9.17, 15) is 18.0 Å². The Bertz CT molecular complexity index is 456. The standard InChI is InChI=1S/C10H11ClF3N3OS/c1-15-7-3-2-6(11)8(17-7)9(18)16-4-5-19-10(12,13)14/h2-3H,4-5H2,1H3,(H,15,17)(H,16,18). The number of carbonyl (C=O) groups is 1. The number of anilines is 1. The van der Waals surface area contributed by atoms with Gasteiger partial charge in [0.05, 0.1) is 5.02 Å². The first-order valence-corrected chi connectivity index (χ1v) is 6.53. The third-order valence-electron chi connectivity index (χ3n) is 1.97. The summed E-state index contributed by atoms with van der Waals surface area (Å²) in [6, 6.07) is 3.07. The zero-order valence-electron chi connectivity index (χ0n) is 9.84. The van der Waals surface area contributed by atoms with E-state index in [-0.39, 0.29) is 34.8 Å². The van der Waals surface area contributed by atoms with Gasteiger partial charge in [-0.05, 0) is 23.9 Å². The number of nitrogens with zero attached hydrogens (tertiary/aromatic N) is 1. The smallest absolute Gasteiger partial charge is 0.373 e. The van der Waals surface area contributed by atoms with E-state index >= 15 is 0 Å². The van der Waals surface area contributed by atoms with Crippen LogP contribution in [0.25, 0.3) is 0 Å². The van der Waals surface area contributed by atoms with Gasteiger partial charge in [0.1, 0.15) is 11.5 Å². The predicted octanol–water partition coefficient (Wildman–Crippen LogP) is 2.76. The Morgan fingerprint density at radius 3 is 2.74 bits per heavy atom. The molecule has 2 N–H and O–H groups in total.